The van der Waals surface area contributed by atoms with Crippen molar-refractivity contribution in [1.29, 1.82) is 5.26 Å². The van der Waals surface area contributed by atoms with Gasteiger partial charge in [-0.1, -0.05) is 24.3 Å². The summed E-state index contributed by atoms with van der Waals surface area (Å²) in [6.07, 6.45) is -0.213. The van der Waals surface area contributed by atoms with Gasteiger partial charge >= 0.3 is 0 Å². The van der Waals surface area contributed by atoms with Crippen LogP contribution in [0.4, 0.5) is 0 Å². The fraction of sp³-hybridized carbons (Fsp3) is 0.167. The van der Waals surface area contributed by atoms with Crippen molar-refractivity contribution < 1.29 is 18.0 Å². The topological polar surface area (TPSA) is 116 Å². The van der Waals surface area contributed by atoms with E-state index in [4.69, 9.17) is 5.26 Å². The van der Waals surface area contributed by atoms with Gasteiger partial charge in [0.05, 0.1) is 16.5 Å². The SMILES string of the molecule is C[C@@H](CC(=O)NS(=O)(=O)c1cccc(C#N)c1)NC(=O)c1ccccc1. The van der Waals surface area contributed by atoms with Crippen LogP contribution in [0.25, 0.3) is 0 Å². The van der Waals surface area contributed by atoms with Crippen LogP contribution in [0.3, 0.4) is 0 Å². The first-order chi connectivity index (χ1) is 12.3. The Bertz CT molecular complexity index is 950. The first-order valence-electron chi connectivity index (χ1n) is 7.73. The summed E-state index contributed by atoms with van der Waals surface area (Å²) in [7, 11) is -4.08. The molecule has 0 unspecified atom stereocenters. The van der Waals surface area contributed by atoms with Crippen LogP contribution in [-0.4, -0.2) is 26.3 Å². The van der Waals surface area contributed by atoms with Gasteiger partial charge in [0.1, 0.15) is 0 Å². The molecule has 0 aliphatic rings. The molecular weight excluding hydrogens is 354 g/mol. The van der Waals surface area contributed by atoms with Crippen LogP contribution in [0.1, 0.15) is 29.3 Å². The van der Waals surface area contributed by atoms with Crippen molar-refractivity contribution in [2.45, 2.75) is 24.3 Å². The standard InChI is InChI=1S/C18H17N3O4S/c1-13(20-18(23)15-7-3-2-4-8-15)10-17(22)21-26(24,25)16-9-5-6-14(11-16)12-19/h2-9,11,13H,10H2,1H3,(H,20,23)(H,21,22)/t13-/m0/s1. The van der Waals surface area contributed by atoms with E-state index in [0.29, 0.717) is 5.56 Å². The van der Waals surface area contributed by atoms with E-state index >= 15 is 0 Å². The summed E-state index contributed by atoms with van der Waals surface area (Å²) in [5.41, 5.74) is 0.615. The van der Waals surface area contributed by atoms with Crippen molar-refractivity contribution in [2.75, 3.05) is 0 Å². The zero-order valence-electron chi connectivity index (χ0n) is 14.0. The maximum Gasteiger partial charge on any atom is 0.264 e. The molecule has 0 spiro atoms. The minimum Gasteiger partial charge on any atom is -0.349 e. The molecule has 2 aromatic carbocycles. The number of carbonyl (C=O) groups excluding carboxylic acids is 2. The molecular formula is C18H17N3O4S. The van der Waals surface area contributed by atoms with Gasteiger partial charge in [-0.3, -0.25) is 9.59 Å². The Kier molecular flexibility index (Phi) is 6.09. The molecule has 0 bridgehead atoms. The van der Waals surface area contributed by atoms with Crippen LogP contribution in [0.2, 0.25) is 0 Å². The Hall–Kier alpha value is -3.18. The molecule has 0 heterocycles. The Balaban J connectivity index is 1.97. The van der Waals surface area contributed by atoms with Crippen molar-refractivity contribution in [3.8, 4) is 6.07 Å². The molecule has 2 rings (SSSR count). The van der Waals surface area contributed by atoms with Gasteiger partial charge in [-0.05, 0) is 37.3 Å². The number of sulfonamides is 1. The van der Waals surface area contributed by atoms with Crippen LogP contribution < -0.4 is 10.0 Å². The van der Waals surface area contributed by atoms with Crippen molar-refractivity contribution in [3.63, 3.8) is 0 Å². The number of carbonyl (C=O) groups is 2. The first kappa shape index (κ1) is 19.1. The normalized spacial score (nSPS) is 11.8. The summed E-state index contributed by atoms with van der Waals surface area (Å²) in [6, 6.07) is 15.1. The molecule has 0 aliphatic heterocycles. The molecule has 0 saturated carbocycles. The summed E-state index contributed by atoms with van der Waals surface area (Å²) in [4.78, 5) is 23.9. The lowest BCUT2D eigenvalue weighted by Crippen LogP contribution is -2.39. The lowest BCUT2D eigenvalue weighted by atomic mass is 10.2. The predicted molar refractivity (Wildman–Crippen MR) is 94.5 cm³/mol. The Morgan fingerprint density at radius 3 is 2.46 bits per heavy atom. The van der Waals surface area contributed by atoms with E-state index in [2.05, 4.69) is 5.32 Å². The number of amides is 2. The molecule has 0 aromatic heterocycles. The van der Waals surface area contributed by atoms with Gasteiger partial charge in [-0.25, -0.2) is 13.1 Å². The van der Waals surface area contributed by atoms with Crippen molar-refractivity contribution in [2.24, 2.45) is 0 Å². The summed E-state index contributed by atoms with van der Waals surface area (Å²) >= 11 is 0. The third-order valence-corrected chi connectivity index (χ3v) is 4.80. The molecule has 0 aliphatic carbocycles. The largest absolute Gasteiger partial charge is 0.349 e. The molecule has 26 heavy (non-hydrogen) atoms. The third kappa shape index (κ3) is 5.16. The summed E-state index contributed by atoms with van der Waals surface area (Å²) in [5, 5.41) is 11.5. The summed E-state index contributed by atoms with van der Waals surface area (Å²) < 4.78 is 26.4. The molecule has 0 saturated heterocycles. The van der Waals surface area contributed by atoms with Gasteiger partial charge in [0, 0.05) is 18.0 Å². The van der Waals surface area contributed by atoms with Crippen molar-refractivity contribution in [3.05, 3.63) is 65.7 Å². The molecule has 0 radical (unpaired) electrons. The molecule has 2 aromatic rings. The third-order valence-electron chi connectivity index (χ3n) is 3.43. The van der Waals surface area contributed by atoms with Gasteiger partial charge < -0.3 is 5.32 Å². The fourth-order valence-electron chi connectivity index (χ4n) is 2.21. The average molecular weight is 371 g/mol. The van der Waals surface area contributed by atoms with E-state index in [1.54, 1.807) is 37.3 Å². The molecule has 2 amide bonds. The highest BCUT2D eigenvalue weighted by Crippen LogP contribution is 2.11. The van der Waals surface area contributed by atoms with E-state index < -0.39 is 22.0 Å². The number of hydrogen-bond acceptors (Lipinski definition) is 5. The van der Waals surface area contributed by atoms with E-state index in [9.17, 15) is 18.0 Å². The van der Waals surface area contributed by atoms with Crippen LogP contribution in [-0.2, 0) is 14.8 Å². The van der Waals surface area contributed by atoms with Crippen LogP contribution in [0, 0.1) is 11.3 Å². The van der Waals surface area contributed by atoms with E-state index in [1.165, 1.54) is 24.3 Å². The Morgan fingerprint density at radius 1 is 1.12 bits per heavy atom. The highest BCUT2D eigenvalue weighted by molar-refractivity contribution is 7.90. The zero-order chi connectivity index (χ0) is 19.2. The zero-order valence-corrected chi connectivity index (χ0v) is 14.8. The van der Waals surface area contributed by atoms with E-state index in [0.717, 1.165) is 0 Å². The van der Waals surface area contributed by atoms with Gasteiger partial charge in [0.25, 0.3) is 15.9 Å². The fourth-order valence-corrected chi connectivity index (χ4v) is 3.25. The summed E-state index contributed by atoms with van der Waals surface area (Å²) in [5.74, 6) is -1.11. The monoisotopic (exact) mass is 371 g/mol. The Morgan fingerprint density at radius 2 is 1.81 bits per heavy atom. The van der Waals surface area contributed by atoms with Crippen molar-refractivity contribution in [1.82, 2.24) is 10.0 Å². The maximum absolute atomic E-state index is 12.2. The molecule has 7 nitrogen and oxygen atoms in total. The van der Waals surface area contributed by atoms with E-state index in [-0.39, 0.29) is 22.8 Å². The van der Waals surface area contributed by atoms with Crippen molar-refractivity contribution >= 4 is 21.8 Å². The van der Waals surface area contributed by atoms with Gasteiger partial charge in [-0.2, -0.15) is 5.26 Å². The minimum absolute atomic E-state index is 0.170. The Labute approximate surface area is 151 Å². The lowest BCUT2D eigenvalue weighted by Gasteiger charge is -2.14. The average Bonchev–Trinajstić information content (AvgIpc) is 2.61. The van der Waals surface area contributed by atoms with Crippen LogP contribution in [0.15, 0.2) is 59.5 Å². The second-order valence-corrected chi connectivity index (χ2v) is 7.30. The highest BCUT2D eigenvalue weighted by atomic mass is 32.2. The smallest absolute Gasteiger partial charge is 0.264 e. The minimum atomic E-state index is -4.08. The molecule has 134 valence electrons. The van der Waals surface area contributed by atoms with Gasteiger partial charge in [0.15, 0.2) is 0 Å². The molecule has 8 heteroatoms. The van der Waals surface area contributed by atoms with Crippen LogP contribution in [0.5, 0.6) is 0 Å². The molecule has 1 atom stereocenters. The summed E-state index contributed by atoms with van der Waals surface area (Å²) in [6.45, 7) is 1.60. The number of rotatable bonds is 6. The van der Waals surface area contributed by atoms with Gasteiger partial charge in [-0.15, -0.1) is 0 Å². The first-order valence-corrected chi connectivity index (χ1v) is 9.22. The van der Waals surface area contributed by atoms with E-state index in [1.807, 2.05) is 10.8 Å². The maximum atomic E-state index is 12.2. The van der Waals surface area contributed by atoms with Gasteiger partial charge in [0.2, 0.25) is 5.91 Å². The number of nitriles is 1. The second kappa shape index (κ2) is 8.27. The quantitative estimate of drug-likeness (QED) is 0.799. The number of nitrogens with zero attached hydrogens (tertiary/aromatic N) is 1. The van der Waals surface area contributed by atoms with Crippen LogP contribution >= 0.6 is 0 Å². The second-order valence-electron chi connectivity index (χ2n) is 5.61. The number of hydrogen-bond donors (Lipinski definition) is 2. The number of nitrogens with one attached hydrogen (secondary N) is 2. The lowest BCUT2D eigenvalue weighted by molar-refractivity contribution is -0.119. The molecule has 2 N–H and O–H groups in total. The predicted octanol–water partition coefficient (Wildman–Crippen LogP) is 1.57. The molecule has 0 fully saturated rings. The highest BCUT2D eigenvalue weighted by Gasteiger charge is 2.20. The number of benzene rings is 2.